The van der Waals surface area contributed by atoms with Crippen LogP contribution in [0.2, 0.25) is 0 Å². The average molecular weight is 422 g/mol. The molecule has 0 saturated carbocycles. The molecular formula is C21H30N2O7. The quantitative estimate of drug-likeness (QED) is 0.416. The molecule has 0 radical (unpaired) electrons. The zero-order chi connectivity index (χ0) is 22.4. The number of amides is 2. The van der Waals surface area contributed by atoms with Gasteiger partial charge < -0.3 is 25.2 Å². The second-order valence-electron chi connectivity index (χ2n) is 6.82. The summed E-state index contributed by atoms with van der Waals surface area (Å²) in [5.41, 5.74) is 0.825. The van der Waals surface area contributed by atoms with Crippen LogP contribution in [-0.2, 0) is 30.5 Å². The summed E-state index contributed by atoms with van der Waals surface area (Å²) >= 11 is 0. The molecule has 30 heavy (non-hydrogen) atoms. The van der Waals surface area contributed by atoms with E-state index in [-0.39, 0.29) is 38.5 Å². The van der Waals surface area contributed by atoms with Gasteiger partial charge in [0.1, 0.15) is 12.6 Å². The molecule has 9 heteroatoms. The maximum absolute atomic E-state index is 11.9. The molecule has 2 amide bonds. The van der Waals surface area contributed by atoms with Gasteiger partial charge in [0.15, 0.2) is 0 Å². The van der Waals surface area contributed by atoms with Gasteiger partial charge in [-0.05, 0) is 25.3 Å². The Bertz CT molecular complexity index is 694. The lowest BCUT2D eigenvalue weighted by Gasteiger charge is -2.15. The first-order chi connectivity index (χ1) is 14.3. The van der Waals surface area contributed by atoms with Gasteiger partial charge in [-0.15, -0.1) is 0 Å². The van der Waals surface area contributed by atoms with Crippen LogP contribution >= 0.6 is 0 Å². The van der Waals surface area contributed by atoms with Gasteiger partial charge in [0.25, 0.3) is 0 Å². The standard InChI is InChI=1S/C21H30N2O7/c1-3-7-15(2)30-19(25)11-10-18(24)23-17(20(26)27)12-13-22-21(28)29-14-16-8-5-4-6-9-16/h4-6,8-9,15,17H,3,7,10-14H2,1-2H3,(H,22,28)(H,23,24)(H,26,27). The molecule has 0 bridgehead atoms. The first-order valence-corrected chi connectivity index (χ1v) is 9.98. The SMILES string of the molecule is CCCC(C)OC(=O)CCC(=O)NC(CCNC(=O)OCc1ccccc1)C(=O)O. The molecule has 1 rings (SSSR count). The van der Waals surface area contributed by atoms with Crippen LogP contribution in [-0.4, -0.2) is 47.7 Å². The first-order valence-electron chi connectivity index (χ1n) is 9.98. The highest BCUT2D eigenvalue weighted by molar-refractivity contribution is 5.85. The highest BCUT2D eigenvalue weighted by Gasteiger charge is 2.21. The monoisotopic (exact) mass is 422 g/mol. The number of carboxylic acid groups (broad SMARTS) is 1. The highest BCUT2D eigenvalue weighted by Crippen LogP contribution is 2.04. The molecule has 0 spiro atoms. The van der Waals surface area contributed by atoms with E-state index in [1.807, 2.05) is 37.3 Å². The predicted molar refractivity (Wildman–Crippen MR) is 109 cm³/mol. The highest BCUT2D eigenvalue weighted by atomic mass is 16.5. The molecule has 9 nitrogen and oxygen atoms in total. The van der Waals surface area contributed by atoms with Crippen molar-refractivity contribution in [1.29, 1.82) is 0 Å². The average Bonchev–Trinajstić information content (AvgIpc) is 2.70. The number of rotatable bonds is 13. The summed E-state index contributed by atoms with van der Waals surface area (Å²) in [6.07, 6.45) is 0.385. The van der Waals surface area contributed by atoms with Crippen LogP contribution in [0.25, 0.3) is 0 Å². The number of carbonyl (C=O) groups is 4. The van der Waals surface area contributed by atoms with Crippen LogP contribution in [0.3, 0.4) is 0 Å². The van der Waals surface area contributed by atoms with Gasteiger partial charge in [-0.1, -0.05) is 43.7 Å². The van der Waals surface area contributed by atoms with Crippen molar-refractivity contribution in [3.05, 3.63) is 35.9 Å². The van der Waals surface area contributed by atoms with Crippen molar-refractivity contribution in [1.82, 2.24) is 10.6 Å². The minimum absolute atomic E-state index is 0.00143. The van der Waals surface area contributed by atoms with E-state index in [1.165, 1.54) is 0 Å². The van der Waals surface area contributed by atoms with E-state index in [4.69, 9.17) is 9.47 Å². The molecule has 0 aromatic heterocycles. The number of alkyl carbamates (subject to hydrolysis) is 1. The molecule has 166 valence electrons. The fraction of sp³-hybridized carbons (Fsp3) is 0.524. The summed E-state index contributed by atoms with van der Waals surface area (Å²) in [5.74, 6) is -2.31. The van der Waals surface area contributed by atoms with Gasteiger partial charge in [-0.3, -0.25) is 9.59 Å². The van der Waals surface area contributed by atoms with Crippen LogP contribution in [0.1, 0.15) is 51.5 Å². The molecule has 2 atom stereocenters. The third-order valence-electron chi connectivity index (χ3n) is 4.13. The molecule has 0 aliphatic rings. The molecule has 0 fully saturated rings. The number of benzene rings is 1. The Balaban J connectivity index is 2.29. The fourth-order valence-corrected chi connectivity index (χ4v) is 2.58. The van der Waals surface area contributed by atoms with Crippen LogP contribution in [0.4, 0.5) is 4.79 Å². The molecule has 0 heterocycles. The Kier molecular flexibility index (Phi) is 11.6. The molecule has 1 aromatic carbocycles. The Hall–Kier alpha value is -3.10. The van der Waals surface area contributed by atoms with E-state index in [0.717, 1.165) is 18.4 Å². The van der Waals surface area contributed by atoms with Crippen molar-refractivity contribution in [3.8, 4) is 0 Å². The van der Waals surface area contributed by atoms with E-state index < -0.39 is 30.0 Å². The Morgan fingerprint density at radius 3 is 2.40 bits per heavy atom. The number of hydrogen-bond acceptors (Lipinski definition) is 6. The lowest BCUT2D eigenvalue weighted by Crippen LogP contribution is -2.43. The van der Waals surface area contributed by atoms with Crippen molar-refractivity contribution in [2.24, 2.45) is 0 Å². The van der Waals surface area contributed by atoms with Gasteiger partial charge in [-0.2, -0.15) is 0 Å². The van der Waals surface area contributed by atoms with Crippen LogP contribution in [0.5, 0.6) is 0 Å². The second-order valence-corrected chi connectivity index (χ2v) is 6.82. The lowest BCUT2D eigenvalue weighted by molar-refractivity contribution is -0.149. The van der Waals surface area contributed by atoms with Gasteiger partial charge >= 0.3 is 18.0 Å². The summed E-state index contributed by atoms with van der Waals surface area (Å²) in [6, 6.07) is 7.92. The third kappa shape index (κ3) is 11.0. The maximum atomic E-state index is 11.9. The van der Waals surface area contributed by atoms with E-state index >= 15 is 0 Å². The van der Waals surface area contributed by atoms with Crippen molar-refractivity contribution in [2.75, 3.05) is 6.54 Å². The third-order valence-corrected chi connectivity index (χ3v) is 4.13. The summed E-state index contributed by atoms with van der Waals surface area (Å²) in [4.78, 5) is 46.6. The predicted octanol–water partition coefficient (Wildman–Crippen LogP) is 2.38. The zero-order valence-corrected chi connectivity index (χ0v) is 17.4. The molecule has 3 N–H and O–H groups in total. The molecule has 2 unspecified atom stereocenters. The molecule has 1 aromatic rings. The molecule has 0 aliphatic heterocycles. The summed E-state index contributed by atoms with van der Waals surface area (Å²) in [5, 5.41) is 14.0. The van der Waals surface area contributed by atoms with Crippen LogP contribution in [0, 0.1) is 0 Å². The van der Waals surface area contributed by atoms with Crippen molar-refractivity contribution in [2.45, 2.75) is 64.7 Å². The topological polar surface area (TPSA) is 131 Å². The number of aliphatic carboxylic acids is 1. The van der Waals surface area contributed by atoms with E-state index in [1.54, 1.807) is 6.92 Å². The lowest BCUT2D eigenvalue weighted by atomic mass is 10.2. The molecular weight excluding hydrogens is 392 g/mol. The number of carbonyl (C=O) groups excluding carboxylic acids is 3. The Morgan fingerprint density at radius 2 is 1.77 bits per heavy atom. The van der Waals surface area contributed by atoms with Gasteiger partial charge in [-0.25, -0.2) is 9.59 Å². The first kappa shape index (κ1) is 24.9. The van der Waals surface area contributed by atoms with Crippen molar-refractivity contribution < 1.29 is 33.8 Å². The number of nitrogens with one attached hydrogen (secondary N) is 2. The van der Waals surface area contributed by atoms with Crippen LogP contribution in [0.15, 0.2) is 30.3 Å². The maximum Gasteiger partial charge on any atom is 0.407 e. The van der Waals surface area contributed by atoms with E-state index in [9.17, 15) is 24.3 Å². The van der Waals surface area contributed by atoms with E-state index in [0.29, 0.717) is 0 Å². The molecule has 0 aliphatic carbocycles. The second kappa shape index (κ2) is 14.0. The number of ether oxygens (including phenoxy) is 2. The van der Waals surface area contributed by atoms with Gasteiger partial charge in [0, 0.05) is 13.0 Å². The van der Waals surface area contributed by atoms with Crippen LogP contribution < -0.4 is 10.6 Å². The zero-order valence-electron chi connectivity index (χ0n) is 17.4. The molecule has 0 saturated heterocycles. The number of hydrogen-bond donors (Lipinski definition) is 3. The largest absolute Gasteiger partial charge is 0.480 e. The fourth-order valence-electron chi connectivity index (χ4n) is 2.58. The number of carboxylic acids is 1. The smallest absolute Gasteiger partial charge is 0.407 e. The number of esters is 1. The summed E-state index contributed by atoms with van der Waals surface area (Å²) < 4.78 is 10.2. The van der Waals surface area contributed by atoms with E-state index in [2.05, 4.69) is 10.6 Å². The summed E-state index contributed by atoms with van der Waals surface area (Å²) in [7, 11) is 0. The Labute approximate surface area is 176 Å². The van der Waals surface area contributed by atoms with Gasteiger partial charge in [0.05, 0.1) is 12.5 Å². The minimum atomic E-state index is -1.23. The normalized spacial score (nSPS) is 12.3. The van der Waals surface area contributed by atoms with Crippen molar-refractivity contribution >= 4 is 23.9 Å². The van der Waals surface area contributed by atoms with Crippen molar-refractivity contribution in [3.63, 3.8) is 0 Å². The summed E-state index contributed by atoms with van der Waals surface area (Å²) in [6.45, 7) is 3.85. The minimum Gasteiger partial charge on any atom is -0.480 e. The Morgan fingerprint density at radius 1 is 1.07 bits per heavy atom. The van der Waals surface area contributed by atoms with Gasteiger partial charge in [0.2, 0.25) is 5.91 Å².